The highest BCUT2D eigenvalue weighted by molar-refractivity contribution is 7.18. The predicted octanol–water partition coefficient (Wildman–Crippen LogP) is 5.47. The number of hydrogen-bond donors (Lipinski definition) is 0. The standard InChI is InChI=1S/C27H26ClN3OS/c28-22-11-12-24-25(17-22)33-26(29-24)18-23(32)19-30-13-15-31(16-14-30)27(20-7-3-1-4-8-20)21-9-5-2-6-10-21/h1-12,17,27H,13-16,18-19H2. The number of ketones is 1. The number of halogens is 1. The minimum Gasteiger partial charge on any atom is -0.298 e. The smallest absolute Gasteiger partial charge is 0.153 e. The van der Waals surface area contributed by atoms with Gasteiger partial charge in [-0.2, -0.15) is 0 Å². The Morgan fingerprint density at radius 2 is 1.55 bits per heavy atom. The van der Waals surface area contributed by atoms with Gasteiger partial charge in [-0.05, 0) is 29.3 Å². The van der Waals surface area contributed by atoms with E-state index in [2.05, 4.69) is 75.4 Å². The van der Waals surface area contributed by atoms with Crippen LogP contribution in [0.5, 0.6) is 0 Å². The molecule has 0 aliphatic carbocycles. The minimum absolute atomic E-state index is 0.219. The summed E-state index contributed by atoms with van der Waals surface area (Å²) < 4.78 is 1.03. The Morgan fingerprint density at radius 3 is 2.18 bits per heavy atom. The van der Waals surface area contributed by atoms with Crippen LogP contribution in [0.4, 0.5) is 0 Å². The number of benzene rings is 3. The van der Waals surface area contributed by atoms with Gasteiger partial charge in [-0.25, -0.2) is 4.98 Å². The van der Waals surface area contributed by atoms with Crippen molar-refractivity contribution in [3.8, 4) is 0 Å². The van der Waals surface area contributed by atoms with Crippen molar-refractivity contribution < 1.29 is 4.79 Å². The molecule has 0 amide bonds. The van der Waals surface area contributed by atoms with E-state index in [4.69, 9.17) is 11.6 Å². The first-order chi connectivity index (χ1) is 16.2. The summed E-state index contributed by atoms with van der Waals surface area (Å²) in [6.07, 6.45) is 0.383. The van der Waals surface area contributed by atoms with Gasteiger partial charge in [-0.1, -0.05) is 72.3 Å². The Kier molecular flexibility index (Phi) is 6.83. The van der Waals surface area contributed by atoms with Gasteiger partial charge in [-0.3, -0.25) is 14.6 Å². The fourth-order valence-electron chi connectivity index (χ4n) is 4.56. The molecule has 0 N–H and O–H groups in total. The number of rotatable bonds is 7. The van der Waals surface area contributed by atoms with Crippen LogP contribution in [0.2, 0.25) is 5.02 Å². The number of thiazole rings is 1. The average molecular weight is 476 g/mol. The first-order valence-electron chi connectivity index (χ1n) is 11.3. The molecule has 0 saturated carbocycles. The van der Waals surface area contributed by atoms with Crippen LogP contribution in [0.15, 0.2) is 78.9 Å². The molecule has 3 aromatic carbocycles. The van der Waals surface area contributed by atoms with Gasteiger partial charge in [0, 0.05) is 31.2 Å². The van der Waals surface area contributed by atoms with Crippen molar-refractivity contribution >= 4 is 38.9 Å². The van der Waals surface area contributed by atoms with Gasteiger partial charge in [0.1, 0.15) is 5.01 Å². The number of piperazine rings is 1. The lowest BCUT2D eigenvalue weighted by molar-refractivity contribution is -0.120. The number of carbonyl (C=O) groups excluding carboxylic acids is 1. The molecule has 1 fully saturated rings. The monoisotopic (exact) mass is 475 g/mol. The summed E-state index contributed by atoms with van der Waals surface area (Å²) in [6.45, 7) is 4.11. The Bertz CT molecular complexity index is 1180. The zero-order valence-corrected chi connectivity index (χ0v) is 19.9. The fourth-order valence-corrected chi connectivity index (χ4v) is 5.83. The SMILES string of the molecule is O=C(Cc1nc2ccc(Cl)cc2s1)CN1CCN(C(c2ccccc2)c2ccccc2)CC1. The topological polar surface area (TPSA) is 36.4 Å². The molecule has 4 aromatic rings. The number of carbonyl (C=O) groups is 1. The zero-order chi connectivity index (χ0) is 22.6. The van der Waals surface area contributed by atoms with Crippen LogP contribution in [0.3, 0.4) is 0 Å². The molecule has 1 saturated heterocycles. The summed E-state index contributed by atoms with van der Waals surface area (Å²) in [5.74, 6) is 0.219. The summed E-state index contributed by atoms with van der Waals surface area (Å²) in [5.41, 5.74) is 3.53. The lowest BCUT2D eigenvalue weighted by atomic mass is 9.96. The Balaban J connectivity index is 1.21. The van der Waals surface area contributed by atoms with Gasteiger partial charge in [0.2, 0.25) is 0 Å². The van der Waals surface area contributed by atoms with Gasteiger partial charge in [0.15, 0.2) is 5.78 Å². The number of Topliss-reactive ketones (excluding diaryl/α,β-unsaturated/α-hetero) is 1. The second-order valence-corrected chi connectivity index (χ2v) is 10.0. The van der Waals surface area contributed by atoms with Crippen molar-refractivity contribution in [2.45, 2.75) is 12.5 Å². The van der Waals surface area contributed by atoms with Crippen molar-refractivity contribution in [1.29, 1.82) is 0 Å². The van der Waals surface area contributed by atoms with Gasteiger partial charge >= 0.3 is 0 Å². The molecule has 0 atom stereocenters. The minimum atomic E-state index is 0.219. The highest BCUT2D eigenvalue weighted by Crippen LogP contribution is 2.29. The largest absolute Gasteiger partial charge is 0.298 e. The van der Waals surface area contributed by atoms with Gasteiger partial charge < -0.3 is 0 Å². The van der Waals surface area contributed by atoms with Crippen LogP contribution < -0.4 is 0 Å². The summed E-state index contributed by atoms with van der Waals surface area (Å²) in [6, 6.07) is 27.3. The summed E-state index contributed by atoms with van der Waals surface area (Å²) in [5, 5.41) is 1.57. The predicted molar refractivity (Wildman–Crippen MR) is 136 cm³/mol. The van der Waals surface area contributed by atoms with Crippen molar-refractivity contribution in [2.75, 3.05) is 32.7 Å². The van der Waals surface area contributed by atoms with E-state index in [1.165, 1.54) is 11.1 Å². The quantitative estimate of drug-likeness (QED) is 0.355. The van der Waals surface area contributed by atoms with E-state index in [-0.39, 0.29) is 11.8 Å². The molecule has 0 spiro atoms. The molecule has 0 bridgehead atoms. The van der Waals surface area contributed by atoms with Crippen molar-refractivity contribution in [1.82, 2.24) is 14.8 Å². The van der Waals surface area contributed by atoms with Crippen LogP contribution in [-0.4, -0.2) is 53.3 Å². The highest BCUT2D eigenvalue weighted by atomic mass is 35.5. The first kappa shape index (κ1) is 22.2. The second kappa shape index (κ2) is 10.1. The molecule has 0 unspecified atom stereocenters. The van der Waals surface area contributed by atoms with E-state index >= 15 is 0 Å². The summed E-state index contributed by atoms with van der Waals surface area (Å²) in [4.78, 5) is 22.2. The third kappa shape index (κ3) is 5.33. The fraction of sp³-hybridized carbons (Fsp3) is 0.259. The molecule has 1 aliphatic rings. The number of hydrogen-bond acceptors (Lipinski definition) is 5. The van der Waals surface area contributed by atoms with Crippen LogP contribution in [0.25, 0.3) is 10.2 Å². The van der Waals surface area contributed by atoms with E-state index in [1.54, 1.807) is 11.3 Å². The van der Waals surface area contributed by atoms with Crippen LogP contribution >= 0.6 is 22.9 Å². The highest BCUT2D eigenvalue weighted by Gasteiger charge is 2.27. The Labute approximate surface area is 203 Å². The van der Waals surface area contributed by atoms with Crippen molar-refractivity contribution in [3.63, 3.8) is 0 Å². The molecular formula is C27H26ClN3OS. The molecule has 4 nitrogen and oxygen atoms in total. The third-order valence-corrected chi connectivity index (χ3v) is 7.40. The molecular weight excluding hydrogens is 450 g/mol. The van der Waals surface area contributed by atoms with Crippen LogP contribution in [0.1, 0.15) is 22.2 Å². The molecule has 1 aromatic heterocycles. The van der Waals surface area contributed by atoms with Crippen molar-refractivity contribution in [3.05, 3.63) is 100 Å². The molecule has 1 aliphatic heterocycles. The van der Waals surface area contributed by atoms with E-state index in [0.717, 1.165) is 41.4 Å². The van der Waals surface area contributed by atoms with Crippen LogP contribution in [0, 0.1) is 0 Å². The van der Waals surface area contributed by atoms with Gasteiger partial charge in [0.25, 0.3) is 0 Å². The first-order valence-corrected chi connectivity index (χ1v) is 12.5. The van der Waals surface area contributed by atoms with Crippen molar-refractivity contribution in [2.24, 2.45) is 0 Å². The third-order valence-electron chi connectivity index (χ3n) is 6.15. The normalized spacial score (nSPS) is 15.3. The molecule has 33 heavy (non-hydrogen) atoms. The summed E-state index contributed by atoms with van der Waals surface area (Å²) in [7, 11) is 0. The maximum atomic E-state index is 12.8. The maximum Gasteiger partial charge on any atom is 0.153 e. The second-order valence-electron chi connectivity index (χ2n) is 8.47. The number of fused-ring (bicyclic) bond motifs is 1. The number of nitrogens with zero attached hydrogens (tertiary/aromatic N) is 3. The zero-order valence-electron chi connectivity index (χ0n) is 18.4. The Hall–Kier alpha value is -2.57. The molecule has 6 heteroatoms. The van der Waals surface area contributed by atoms with E-state index < -0.39 is 0 Å². The lowest BCUT2D eigenvalue weighted by Gasteiger charge is -2.39. The van der Waals surface area contributed by atoms with Gasteiger partial charge in [0.05, 0.1) is 29.2 Å². The van der Waals surface area contributed by atoms with E-state index in [1.807, 2.05) is 18.2 Å². The van der Waals surface area contributed by atoms with E-state index in [9.17, 15) is 4.79 Å². The molecule has 5 rings (SSSR count). The maximum absolute atomic E-state index is 12.8. The van der Waals surface area contributed by atoms with E-state index in [0.29, 0.717) is 18.0 Å². The van der Waals surface area contributed by atoms with Crippen LogP contribution in [-0.2, 0) is 11.2 Å². The molecule has 2 heterocycles. The molecule has 0 radical (unpaired) electrons. The van der Waals surface area contributed by atoms with Gasteiger partial charge in [-0.15, -0.1) is 11.3 Å². The lowest BCUT2D eigenvalue weighted by Crippen LogP contribution is -2.49. The average Bonchev–Trinajstić information content (AvgIpc) is 3.23. The Morgan fingerprint density at radius 1 is 0.909 bits per heavy atom. The summed E-state index contributed by atoms with van der Waals surface area (Å²) >= 11 is 7.63. The number of aromatic nitrogens is 1. The molecule has 168 valence electrons.